The van der Waals surface area contributed by atoms with E-state index in [2.05, 4.69) is 0 Å². The van der Waals surface area contributed by atoms with Gasteiger partial charge in [0, 0.05) is 19.6 Å². The third-order valence-electron chi connectivity index (χ3n) is 6.20. The van der Waals surface area contributed by atoms with Crippen LogP contribution in [0.2, 0.25) is 0 Å². The zero-order chi connectivity index (χ0) is 24.3. The van der Waals surface area contributed by atoms with E-state index in [0.717, 1.165) is 11.1 Å². The number of fused-ring (bicyclic) bond motifs is 1. The van der Waals surface area contributed by atoms with Crippen molar-refractivity contribution in [1.82, 2.24) is 9.21 Å². The molecule has 0 radical (unpaired) electrons. The highest BCUT2D eigenvalue weighted by Crippen LogP contribution is 2.36. The Morgan fingerprint density at radius 3 is 2.35 bits per heavy atom. The van der Waals surface area contributed by atoms with Gasteiger partial charge in [0.05, 0.1) is 29.6 Å². The Morgan fingerprint density at radius 1 is 1.00 bits per heavy atom. The lowest BCUT2D eigenvalue weighted by molar-refractivity contribution is -0.157. The number of ether oxygens (including phenoxy) is 2. The average molecular weight is 487 g/mol. The van der Waals surface area contributed by atoms with Gasteiger partial charge in [0.1, 0.15) is 0 Å². The molecule has 2 aromatic rings. The predicted octanol–water partition coefficient (Wildman–Crippen LogP) is 2.54. The molecule has 2 aliphatic heterocycles. The van der Waals surface area contributed by atoms with Crippen LogP contribution in [0.4, 0.5) is 0 Å². The summed E-state index contributed by atoms with van der Waals surface area (Å²) in [6, 6.07) is 15.0. The summed E-state index contributed by atoms with van der Waals surface area (Å²) in [5.41, 5.74) is 1.79. The van der Waals surface area contributed by atoms with Crippen LogP contribution in [0.5, 0.6) is 0 Å². The highest BCUT2D eigenvalue weighted by Gasteiger charge is 2.38. The van der Waals surface area contributed by atoms with Gasteiger partial charge in [-0.3, -0.25) is 9.59 Å². The number of rotatable bonds is 6. The molecule has 4 rings (SSSR count). The smallest absolute Gasteiger partial charge is 0.308 e. The molecule has 0 aromatic heterocycles. The van der Waals surface area contributed by atoms with Crippen LogP contribution < -0.4 is 0 Å². The monoisotopic (exact) mass is 486 g/mol. The minimum atomic E-state index is -3.82. The molecule has 2 aliphatic rings. The number of hydrogen-bond donors (Lipinski definition) is 0. The molecule has 2 aromatic carbocycles. The van der Waals surface area contributed by atoms with Gasteiger partial charge in [-0.25, -0.2) is 8.42 Å². The molecule has 0 N–H and O–H groups in total. The van der Waals surface area contributed by atoms with Crippen molar-refractivity contribution in [3.63, 3.8) is 0 Å². The zero-order valence-electron chi connectivity index (χ0n) is 19.4. The summed E-state index contributed by atoms with van der Waals surface area (Å²) < 4.78 is 39.2. The highest BCUT2D eigenvalue weighted by atomic mass is 32.2. The first-order chi connectivity index (χ1) is 16.3. The van der Waals surface area contributed by atoms with Crippen LogP contribution in [-0.2, 0) is 35.5 Å². The fourth-order valence-electron chi connectivity index (χ4n) is 4.69. The van der Waals surface area contributed by atoms with Crippen molar-refractivity contribution in [3.05, 3.63) is 65.7 Å². The number of carbonyl (C=O) groups excluding carboxylic acids is 2. The molecule has 0 aliphatic carbocycles. The SMILES string of the molecule is C[C@@H]1CN(C(=O)COC(=O)C[C@@H]2c3ccccc3CCN2S(=O)(=O)c2ccccc2)C[C@@H](C)O1. The lowest BCUT2D eigenvalue weighted by Crippen LogP contribution is -2.49. The number of amides is 1. The molecule has 1 fully saturated rings. The Morgan fingerprint density at radius 2 is 1.65 bits per heavy atom. The largest absolute Gasteiger partial charge is 0.456 e. The molecule has 0 saturated carbocycles. The van der Waals surface area contributed by atoms with Crippen LogP contribution >= 0.6 is 0 Å². The van der Waals surface area contributed by atoms with E-state index in [4.69, 9.17) is 9.47 Å². The normalized spacial score (nSPS) is 23.2. The Bertz CT molecular complexity index is 1130. The van der Waals surface area contributed by atoms with Crippen molar-refractivity contribution >= 4 is 21.9 Å². The fraction of sp³-hybridized carbons (Fsp3) is 0.440. The van der Waals surface area contributed by atoms with Crippen LogP contribution in [0.1, 0.15) is 37.4 Å². The first kappa shape index (κ1) is 24.4. The van der Waals surface area contributed by atoms with Gasteiger partial charge in [-0.2, -0.15) is 4.31 Å². The van der Waals surface area contributed by atoms with Gasteiger partial charge in [0.25, 0.3) is 5.91 Å². The van der Waals surface area contributed by atoms with E-state index in [-0.39, 0.29) is 42.6 Å². The Kier molecular flexibility index (Phi) is 7.35. The van der Waals surface area contributed by atoms with Crippen molar-refractivity contribution in [3.8, 4) is 0 Å². The Labute approximate surface area is 200 Å². The second-order valence-electron chi connectivity index (χ2n) is 8.81. The third kappa shape index (κ3) is 5.32. The molecule has 3 atom stereocenters. The molecule has 182 valence electrons. The van der Waals surface area contributed by atoms with Crippen molar-refractivity contribution in [1.29, 1.82) is 0 Å². The first-order valence-electron chi connectivity index (χ1n) is 11.5. The van der Waals surface area contributed by atoms with E-state index in [0.29, 0.717) is 19.5 Å². The van der Waals surface area contributed by atoms with E-state index in [1.165, 1.54) is 4.31 Å². The molecular formula is C25H30N2O6S. The second kappa shape index (κ2) is 10.2. The lowest BCUT2D eigenvalue weighted by Gasteiger charge is -2.36. The van der Waals surface area contributed by atoms with E-state index < -0.39 is 22.0 Å². The maximum absolute atomic E-state index is 13.4. The summed E-state index contributed by atoms with van der Waals surface area (Å²) in [5.74, 6) is -0.897. The lowest BCUT2D eigenvalue weighted by atomic mass is 9.92. The van der Waals surface area contributed by atoms with Crippen LogP contribution in [-0.4, -0.2) is 67.9 Å². The van der Waals surface area contributed by atoms with Crippen molar-refractivity contribution in [2.45, 2.75) is 49.8 Å². The molecule has 0 bridgehead atoms. The number of carbonyl (C=O) groups is 2. The maximum Gasteiger partial charge on any atom is 0.308 e. The van der Waals surface area contributed by atoms with E-state index in [9.17, 15) is 18.0 Å². The highest BCUT2D eigenvalue weighted by molar-refractivity contribution is 7.89. The number of benzene rings is 2. The number of hydrogen-bond acceptors (Lipinski definition) is 6. The summed E-state index contributed by atoms with van der Waals surface area (Å²) in [6.45, 7) is 4.56. The van der Waals surface area contributed by atoms with E-state index >= 15 is 0 Å². The molecule has 1 amide bonds. The summed E-state index contributed by atoms with van der Waals surface area (Å²) in [5, 5.41) is 0. The second-order valence-corrected chi connectivity index (χ2v) is 10.7. The van der Waals surface area contributed by atoms with Gasteiger partial charge in [-0.1, -0.05) is 42.5 Å². The van der Waals surface area contributed by atoms with Gasteiger partial charge in [0.15, 0.2) is 6.61 Å². The summed E-state index contributed by atoms with van der Waals surface area (Å²) in [6.07, 6.45) is 0.212. The zero-order valence-corrected chi connectivity index (χ0v) is 20.2. The van der Waals surface area contributed by atoms with Crippen LogP contribution in [0, 0.1) is 0 Å². The molecule has 0 spiro atoms. The molecular weight excluding hydrogens is 456 g/mol. The average Bonchev–Trinajstić information content (AvgIpc) is 2.82. The summed E-state index contributed by atoms with van der Waals surface area (Å²) in [4.78, 5) is 27.2. The number of morpholine rings is 1. The van der Waals surface area contributed by atoms with E-state index in [1.807, 2.05) is 38.1 Å². The predicted molar refractivity (Wildman–Crippen MR) is 125 cm³/mol. The van der Waals surface area contributed by atoms with Gasteiger partial charge in [0.2, 0.25) is 10.0 Å². The molecule has 1 saturated heterocycles. The third-order valence-corrected chi connectivity index (χ3v) is 8.12. The minimum absolute atomic E-state index is 0.0844. The topological polar surface area (TPSA) is 93.2 Å². The van der Waals surface area contributed by atoms with Gasteiger partial charge in [-0.15, -0.1) is 0 Å². The quantitative estimate of drug-likeness (QED) is 0.583. The fourth-order valence-corrected chi connectivity index (χ4v) is 6.31. The summed E-state index contributed by atoms with van der Waals surface area (Å²) >= 11 is 0. The van der Waals surface area contributed by atoms with Crippen LogP contribution in [0.15, 0.2) is 59.5 Å². The van der Waals surface area contributed by atoms with Crippen LogP contribution in [0.25, 0.3) is 0 Å². The van der Waals surface area contributed by atoms with Gasteiger partial charge < -0.3 is 14.4 Å². The molecule has 2 heterocycles. The van der Waals surface area contributed by atoms with Crippen molar-refractivity contribution in [2.24, 2.45) is 0 Å². The van der Waals surface area contributed by atoms with Crippen LogP contribution in [0.3, 0.4) is 0 Å². The number of nitrogens with zero attached hydrogens (tertiary/aromatic N) is 2. The van der Waals surface area contributed by atoms with Crippen molar-refractivity contribution < 1.29 is 27.5 Å². The summed E-state index contributed by atoms with van der Waals surface area (Å²) in [7, 11) is -3.82. The molecule has 34 heavy (non-hydrogen) atoms. The number of esters is 1. The molecule has 0 unspecified atom stereocenters. The molecule has 8 nitrogen and oxygen atoms in total. The van der Waals surface area contributed by atoms with Crippen molar-refractivity contribution in [2.75, 3.05) is 26.2 Å². The Balaban J connectivity index is 1.49. The standard InChI is InChI=1S/C25H30N2O6S/c1-18-15-26(16-19(2)33-18)24(28)17-32-25(29)14-23-22-11-7-6-8-20(22)12-13-27(23)34(30,31)21-9-4-3-5-10-21/h3-11,18-19,23H,12-17H2,1-2H3/t18-,19-,23-/m1/s1. The molecule has 9 heteroatoms. The number of sulfonamides is 1. The van der Waals surface area contributed by atoms with E-state index in [1.54, 1.807) is 35.2 Å². The first-order valence-corrected chi connectivity index (χ1v) is 12.9. The maximum atomic E-state index is 13.4. The minimum Gasteiger partial charge on any atom is -0.456 e. The Hall–Kier alpha value is -2.75. The van der Waals surface area contributed by atoms with Gasteiger partial charge >= 0.3 is 5.97 Å². The van der Waals surface area contributed by atoms with Gasteiger partial charge in [-0.05, 0) is 43.5 Å².